The molecule has 4 aromatic carbocycles. The van der Waals surface area contributed by atoms with Crippen molar-refractivity contribution in [2.24, 2.45) is 0 Å². The molecule has 0 aromatic heterocycles. The van der Waals surface area contributed by atoms with Gasteiger partial charge in [-0.3, -0.25) is 0 Å². The highest BCUT2D eigenvalue weighted by atomic mass is 32.2. The molecular formula is C32H34S. The molecule has 0 bridgehead atoms. The first kappa shape index (κ1) is 23.4. The molecular weight excluding hydrogens is 416 g/mol. The van der Waals surface area contributed by atoms with Gasteiger partial charge in [0.2, 0.25) is 0 Å². The minimum atomic E-state index is 0.0436. The van der Waals surface area contributed by atoms with Crippen molar-refractivity contribution in [1.82, 2.24) is 0 Å². The highest BCUT2D eigenvalue weighted by molar-refractivity contribution is 7.99. The van der Waals surface area contributed by atoms with Crippen molar-refractivity contribution >= 4 is 11.8 Å². The maximum atomic E-state index is 2.31. The van der Waals surface area contributed by atoms with Crippen LogP contribution in [0.25, 0.3) is 22.3 Å². The number of rotatable bonds is 4. The van der Waals surface area contributed by atoms with Crippen LogP contribution in [0.2, 0.25) is 0 Å². The van der Waals surface area contributed by atoms with Crippen molar-refractivity contribution in [2.45, 2.75) is 62.2 Å². The standard InChI is InChI=1S/C32H34S/c1-31(2,3)27-20-12-10-17-24(27)25-19-14-22-29(33-23-15-8-7-9-16-23)30(25)26-18-11-13-21-28(26)32(4,5)6/h7-22H,1-6H3. The van der Waals surface area contributed by atoms with Crippen molar-refractivity contribution in [3.05, 3.63) is 108 Å². The maximum absolute atomic E-state index is 2.31. The van der Waals surface area contributed by atoms with Crippen molar-refractivity contribution in [3.63, 3.8) is 0 Å². The van der Waals surface area contributed by atoms with Gasteiger partial charge in [0.1, 0.15) is 0 Å². The number of hydrogen-bond donors (Lipinski definition) is 0. The van der Waals surface area contributed by atoms with Crippen LogP contribution in [0.1, 0.15) is 52.7 Å². The minimum Gasteiger partial charge on any atom is -0.0894 e. The summed E-state index contributed by atoms with van der Waals surface area (Å²) in [4.78, 5) is 2.55. The molecule has 0 nitrogen and oxygen atoms in total. The van der Waals surface area contributed by atoms with Crippen LogP contribution >= 0.6 is 11.8 Å². The van der Waals surface area contributed by atoms with Gasteiger partial charge in [0.25, 0.3) is 0 Å². The highest BCUT2D eigenvalue weighted by Gasteiger charge is 2.25. The molecule has 0 radical (unpaired) electrons. The van der Waals surface area contributed by atoms with Crippen LogP contribution < -0.4 is 0 Å². The zero-order valence-corrected chi connectivity index (χ0v) is 21.5. The first-order chi connectivity index (χ1) is 15.7. The monoisotopic (exact) mass is 450 g/mol. The Labute approximate surface area is 204 Å². The Bertz CT molecular complexity index is 1240. The van der Waals surface area contributed by atoms with E-state index in [1.54, 1.807) is 0 Å². The van der Waals surface area contributed by atoms with Gasteiger partial charge in [-0.2, -0.15) is 0 Å². The normalized spacial score (nSPS) is 12.1. The van der Waals surface area contributed by atoms with Gasteiger partial charge in [-0.25, -0.2) is 0 Å². The lowest BCUT2D eigenvalue weighted by atomic mass is 9.78. The molecule has 0 aliphatic carbocycles. The van der Waals surface area contributed by atoms with Gasteiger partial charge in [0.15, 0.2) is 0 Å². The van der Waals surface area contributed by atoms with E-state index in [0.717, 1.165) is 0 Å². The molecule has 0 saturated carbocycles. The third-order valence-electron chi connectivity index (χ3n) is 6.03. The Kier molecular flexibility index (Phi) is 6.54. The number of benzene rings is 4. The van der Waals surface area contributed by atoms with Crippen LogP contribution in [-0.4, -0.2) is 0 Å². The predicted octanol–water partition coefficient (Wildman–Crippen LogP) is 9.77. The molecule has 0 saturated heterocycles. The summed E-state index contributed by atoms with van der Waals surface area (Å²) in [6, 6.07) is 35.3. The zero-order chi connectivity index (χ0) is 23.6. The first-order valence-corrected chi connectivity index (χ1v) is 12.5. The Morgan fingerprint density at radius 1 is 0.455 bits per heavy atom. The second kappa shape index (κ2) is 9.23. The topological polar surface area (TPSA) is 0 Å². The van der Waals surface area contributed by atoms with E-state index < -0.39 is 0 Å². The summed E-state index contributed by atoms with van der Waals surface area (Å²) in [6.07, 6.45) is 0. The molecule has 1 heteroatoms. The summed E-state index contributed by atoms with van der Waals surface area (Å²) < 4.78 is 0. The summed E-state index contributed by atoms with van der Waals surface area (Å²) >= 11 is 1.85. The van der Waals surface area contributed by atoms with Crippen LogP contribution in [-0.2, 0) is 10.8 Å². The van der Waals surface area contributed by atoms with E-state index in [2.05, 4.69) is 139 Å². The Morgan fingerprint density at radius 3 is 1.55 bits per heavy atom. The van der Waals surface area contributed by atoms with Gasteiger partial charge in [-0.05, 0) is 56.8 Å². The minimum absolute atomic E-state index is 0.0436. The van der Waals surface area contributed by atoms with E-state index in [0.29, 0.717) is 0 Å². The molecule has 0 heterocycles. The smallest absolute Gasteiger partial charge is 0.0207 e. The third-order valence-corrected chi connectivity index (χ3v) is 7.09. The molecule has 33 heavy (non-hydrogen) atoms. The molecule has 0 N–H and O–H groups in total. The van der Waals surface area contributed by atoms with Crippen LogP contribution in [0.15, 0.2) is 107 Å². The second-order valence-electron chi connectivity index (χ2n) is 10.7. The fourth-order valence-electron chi connectivity index (χ4n) is 4.46. The van der Waals surface area contributed by atoms with Gasteiger partial charge < -0.3 is 0 Å². The van der Waals surface area contributed by atoms with E-state index in [9.17, 15) is 0 Å². The van der Waals surface area contributed by atoms with Crippen molar-refractivity contribution in [3.8, 4) is 22.3 Å². The molecule has 4 aromatic rings. The van der Waals surface area contributed by atoms with Crippen LogP contribution in [0.3, 0.4) is 0 Å². The maximum Gasteiger partial charge on any atom is 0.0207 e. The number of hydrogen-bond acceptors (Lipinski definition) is 1. The molecule has 168 valence electrons. The summed E-state index contributed by atoms with van der Waals surface area (Å²) in [7, 11) is 0. The predicted molar refractivity (Wildman–Crippen MR) is 145 cm³/mol. The average molecular weight is 451 g/mol. The first-order valence-electron chi connectivity index (χ1n) is 11.7. The lowest BCUT2D eigenvalue weighted by Crippen LogP contribution is -2.14. The van der Waals surface area contributed by atoms with Gasteiger partial charge in [-0.15, -0.1) is 0 Å². The van der Waals surface area contributed by atoms with Crippen molar-refractivity contribution in [1.29, 1.82) is 0 Å². The van der Waals surface area contributed by atoms with Gasteiger partial charge in [0, 0.05) is 15.4 Å². The molecule has 4 rings (SSSR count). The lowest BCUT2D eigenvalue weighted by molar-refractivity contribution is 0.591. The summed E-state index contributed by atoms with van der Waals surface area (Å²) in [5, 5.41) is 0. The third kappa shape index (κ3) is 5.09. The highest BCUT2D eigenvalue weighted by Crippen LogP contribution is 2.46. The van der Waals surface area contributed by atoms with E-state index >= 15 is 0 Å². The van der Waals surface area contributed by atoms with E-state index in [1.807, 2.05) is 11.8 Å². The SMILES string of the molecule is CC(C)(C)c1ccccc1-c1cccc(Sc2ccccc2)c1-c1ccccc1C(C)(C)C. The Hall–Kier alpha value is -2.77. The zero-order valence-electron chi connectivity index (χ0n) is 20.6. The Morgan fingerprint density at radius 2 is 0.939 bits per heavy atom. The summed E-state index contributed by atoms with van der Waals surface area (Å²) in [6.45, 7) is 13.8. The molecule has 0 aliphatic rings. The second-order valence-corrected chi connectivity index (χ2v) is 11.8. The molecule has 0 aliphatic heterocycles. The molecule has 0 atom stereocenters. The molecule has 0 spiro atoms. The van der Waals surface area contributed by atoms with Crippen LogP contribution in [0.4, 0.5) is 0 Å². The van der Waals surface area contributed by atoms with E-state index in [-0.39, 0.29) is 10.8 Å². The fourth-order valence-corrected chi connectivity index (χ4v) is 5.48. The van der Waals surface area contributed by atoms with E-state index in [4.69, 9.17) is 0 Å². The fraction of sp³-hybridized carbons (Fsp3) is 0.250. The Balaban J connectivity index is 2.04. The van der Waals surface area contributed by atoms with Crippen molar-refractivity contribution in [2.75, 3.05) is 0 Å². The summed E-state index contributed by atoms with van der Waals surface area (Å²) in [5.74, 6) is 0. The van der Waals surface area contributed by atoms with Gasteiger partial charge >= 0.3 is 0 Å². The molecule has 0 unspecified atom stereocenters. The quantitative estimate of drug-likeness (QED) is 0.298. The van der Waals surface area contributed by atoms with E-state index in [1.165, 1.54) is 43.2 Å². The van der Waals surface area contributed by atoms with Gasteiger partial charge in [-0.1, -0.05) is 132 Å². The largest absolute Gasteiger partial charge is 0.0894 e. The van der Waals surface area contributed by atoms with Crippen LogP contribution in [0.5, 0.6) is 0 Å². The van der Waals surface area contributed by atoms with Gasteiger partial charge in [0.05, 0.1) is 0 Å². The molecule has 0 amide bonds. The van der Waals surface area contributed by atoms with Crippen LogP contribution in [0, 0.1) is 0 Å². The average Bonchev–Trinajstić information content (AvgIpc) is 2.78. The van der Waals surface area contributed by atoms with Crippen molar-refractivity contribution < 1.29 is 0 Å². The summed E-state index contributed by atoms with van der Waals surface area (Å²) in [5.41, 5.74) is 8.12. The lowest BCUT2D eigenvalue weighted by Gasteiger charge is -2.28. The molecule has 0 fully saturated rings.